The van der Waals surface area contributed by atoms with Crippen LogP contribution in [-0.4, -0.2) is 25.0 Å². The molecular formula is C18H20N2OS. The monoisotopic (exact) mass is 312 g/mol. The van der Waals surface area contributed by atoms with Crippen molar-refractivity contribution >= 4 is 17.7 Å². The van der Waals surface area contributed by atoms with Crippen LogP contribution in [0, 0.1) is 0 Å². The lowest BCUT2D eigenvalue weighted by atomic mass is 10.1. The maximum atomic E-state index is 12.6. The van der Waals surface area contributed by atoms with Crippen molar-refractivity contribution < 1.29 is 4.79 Å². The number of benzene rings is 2. The highest BCUT2D eigenvalue weighted by molar-refractivity contribution is 7.99. The van der Waals surface area contributed by atoms with Gasteiger partial charge in [-0.05, 0) is 50.2 Å². The second kappa shape index (κ2) is 7.47. The van der Waals surface area contributed by atoms with E-state index in [1.807, 2.05) is 42.5 Å². The van der Waals surface area contributed by atoms with E-state index in [2.05, 4.69) is 22.8 Å². The van der Waals surface area contributed by atoms with E-state index in [0.717, 1.165) is 41.3 Å². The highest BCUT2D eigenvalue weighted by Gasteiger charge is 2.18. The van der Waals surface area contributed by atoms with Gasteiger partial charge in [-0.1, -0.05) is 42.1 Å². The van der Waals surface area contributed by atoms with Crippen LogP contribution in [-0.2, 0) is 0 Å². The molecule has 3 rings (SSSR count). The lowest BCUT2D eigenvalue weighted by Crippen LogP contribution is -2.42. The Hall–Kier alpha value is -1.78. The molecule has 1 aliphatic rings. The highest BCUT2D eigenvalue weighted by Crippen LogP contribution is 2.30. The summed E-state index contributed by atoms with van der Waals surface area (Å²) in [5, 5.41) is 6.49. The predicted octanol–water partition coefficient (Wildman–Crippen LogP) is 3.32. The summed E-state index contributed by atoms with van der Waals surface area (Å²) in [6.07, 6.45) is 2.00. The standard InChI is InChI=1S/C18H20N2OS/c21-18(20-14-10-12-19-13-11-14)16-8-4-5-9-17(16)22-15-6-2-1-3-7-15/h1-9,14,19H,10-13H2,(H,20,21). The molecule has 0 radical (unpaired) electrons. The van der Waals surface area contributed by atoms with Crippen LogP contribution in [0.4, 0.5) is 0 Å². The van der Waals surface area contributed by atoms with Gasteiger partial charge in [-0.2, -0.15) is 0 Å². The van der Waals surface area contributed by atoms with E-state index in [9.17, 15) is 4.79 Å². The fourth-order valence-electron chi connectivity index (χ4n) is 2.59. The summed E-state index contributed by atoms with van der Waals surface area (Å²) in [5.74, 6) is 0.0333. The summed E-state index contributed by atoms with van der Waals surface area (Å²) in [5.41, 5.74) is 0.759. The van der Waals surface area contributed by atoms with E-state index >= 15 is 0 Å². The normalized spacial score (nSPS) is 15.5. The van der Waals surface area contributed by atoms with Gasteiger partial charge in [-0.3, -0.25) is 4.79 Å². The zero-order valence-corrected chi connectivity index (χ0v) is 13.2. The summed E-state index contributed by atoms with van der Waals surface area (Å²) in [7, 11) is 0. The molecule has 0 aliphatic carbocycles. The van der Waals surface area contributed by atoms with E-state index in [1.165, 1.54) is 0 Å². The first-order chi connectivity index (χ1) is 10.8. The molecule has 1 heterocycles. The van der Waals surface area contributed by atoms with E-state index < -0.39 is 0 Å². The SMILES string of the molecule is O=C(NC1CCNCC1)c1ccccc1Sc1ccccc1. The first kappa shape index (κ1) is 15.1. The minimum absolute atomic E-state index is 0.0333. The Labute approximate surface area is 135 Å². The molecule has 22 heavy (non-hydrogen) atoms. The van der Waals surface area contributed by atoms with Crippen LogP contribution < -0.4 is 10.6 Å². The Kier molecular flexibility index (Phi) is 5.14. The molecule has 2 aromatic carbocycles. The third-order valence-electron chi connectivity index (χ3n) is 3.78. The quantitative estimate of drug-likeness (QED) is 0.910. The van der Waals surface area contributed by atoms with Crippen LogP contribution in [0.15, 0.2) is 64.4 Å². The summed E-state index contributed by atoms with van der Waals surface area (Å²) in [4.78, 5) is 14.7. The van der Waals surface area contributed by atoms with Gasteiger partial charge in [-0.25, -0.2) is 0 Å². The molecule has 1 fully saturated rings. The number of piperidine rings is 1. The topological polar surface area (TPSA) is 41.1 Å². The van der Waals surface area contributed by atoms with Crippen molar-refractivity contribution in [2.45, 2.75) is 28.7 Å². The maximum Gasteiger partial charge on any atom is 0.252 e. The Morgan fingerprint density at radius 3 is 2.45 bits per heavy atom. The van der Waals surface area contributed by atoms with Gasteiger partial charge in [0.1, 0.15) is 0 Å². The summed E-state index contributed by atoms with van der Waals surface area (Å²) in [6, 6.07) is 18.2. The van der Waals surface area contributed by atoms with Crippen LogP contribution in [0.3, 0.4) is 0 Å². The summed E-state index contributed by atoms with van der Waals surface area (Å²) < 4.78 is 0. The van der Waals surface area contributed by atoms with Crippen molar-refractivity contribution in [1.82, 2.24) is 10.6 Å². The third kappa shape index (κ3) is 3.90. The van der Waals surface area contributed by atoms with Gasteiger partial charge in [0.25, 0.3) is 5.91 Å². The summed E-state index contributed by atoms with van der Waals surface area (Å²) in [6.45, 7) is 1.96. The molecular weight excluding hydrogens is 292 g/mol. The molecule has 114 valence electrons. The van der Waals surface area contributed by atoms with Crippen LogP contribution in [0.25, 0.3) is 0 Å². The fraction of sp³-hybridized carbons (Fsp3) is 0.278. The second-order valence-corrected chi connectivity index (χ2v) is 6.52. The zero-order chi connectivity index (χ0) is 15.2. The maximum absolute atomic E-state index is 12.6. The minimum atomic E-state index is 0.0333. The van der Waals surface area contributed by atoms with Crippen molar-refractivity contribution in [3.05, 3.63) is 60.2 Å². The average Bonchev–Trinajstić information content (AvgIpc) is 2.57. The van der Waals surface area contributed by atoms with Crippen molar-refractivity contribution in [2.24, 2.45) is 0 Å². The molecule has 0 spiro atoms. The molecule has 0 unspecified atom stereocenters. The van der Waals surface area contributed by atoms with Crippen LogP contribution in [0.2, 0.25) is 0 Å². The van der Waals surface area contributed by atoms with E-state index in [1.54, 1.807) is 11.8 Å². The van der Waals surface area contributed by atoms with Gasteiger partial charge in [-0.15, -0.1) is 0 Å². The largest absolute Gasteiger partial charge is 0.349 e. The van der Waals surface area contributed by atoms with Crippen molar-refractivity contribution in [3.63, 3.8) is 0 Å². The number of hydrogen-bond donors (Lipinski definition) is 2. The van der Waals surface area contributed by atoms with Crippen molar-refractivity contribution in [1.29, 1.82) is 0 Å². The smallest absolute Gasteiger partial charge is 0.252 e. The first-order valence-electron chi connectivity index (χ1n) is 7.66. The van der Waals surface area contributed by atoms with E-state index in [4.69, 9.17) is 0 Å². The molecule has 2 N–H and O–H groups in total. The molecule has 0 bridgehead atoms. The number of hydrogen-bond acceptors (Lipinski definition) is 3. The van der Waals surface area contributed by atoms with Crippen LogP contribution >= 0.6 is 11.8 Å². The molecule has 1 saturated heterocycles. The molecule has 4 heteroatoms. The molecule has 3 nitrogen and oxygen atoms in total. The van der Waals surface area contributed by atoms with Gasteiger partial charge < -0.3 is 10.6 Å². The van der Waals surface area contributed by atoms with Gasteiger partial charge in [0, 0.05) is 15.8 Å². The summed E-state index contributed by atoms with van der Waals surface area (Å²) >= 11 is 1.63. The molecule has 0 aromatic heterocycles. The number of amides is 1. The number of nitrogens with one attached hydrogen (secondary N) is 2. The van der Waals surface area contributed by atoms with Crippen molar-refractivity contribution in [2.75, 3.05) is 13.1 Å². The molecule has 0 saturated carbocycles. The van der Waals surface area contributed by atoms with E-state index in [0.29, 0.717) is 0 Å². The molecule has 2 aromatic rings. The second-order valence-electron chi connectivity index (χ2n) is 5.41. The predicted molar refractivity (Wildman–Crippen MR) is 90.4 cm³/mol. The van der Waals surface area contributed by atoms with Crippen LogP contribution in [0.1, 0.15) is 23.2 Å². The third-order valence-corrected chi connectivity index (χ3v) is 4.86. The highest BCUT2D eigenvalue weighted by atomic mass is 32.2. The van der Waals surface area contributed by atoms with E-state index in [-0.39, 0.29) is 11.9 Å². The average molecular weight is 312 g/mol. The van der Waals surface area contributed by atoms with Gasteiger partial charge >= 0.3 is 0 Å². The lowest BCUT2D eigenvalue weighted by molar-refractivity contribution is 0.0926. The fourth-order valence-corrected chi connectivity index (χ4v) is 3.55. The van der Waals surface area contributed by atoms with Gasteiger partial charge in [0.05, 0.1) is 5.56 Å². The number of carbonyl (C=O) groups excluding carboxylic acids is 1. The Bertz CT molecular complexity index is 624. The number of rotatable bonds is 4. The van der Waals surface area contributed by atoms with Gasteiger partial charge in [0.2, 0.25) is 0 Å². The van der Waals surface area contributed by atoms with Gasteiger partial charge in [0.15, 0.2) is 0 Å². The number of carbonyl (C=O) groups is 1. The van der Waals surface area contributed by atoms with Crippen LogP contribution in [0.5, 0.6) is 0 Å². The molecule has 0 atom stereocenters. The Morgan fingerprint density at radius 1 is 1.00 bits per heavy atom. The Balaban J connectivity index is 1.74. The minimum Gasteiger partial charge on any atom is -0.349 e. The Morgan fingerprint density at radius 2 is 1.68 bits per heavy atom. The molecule has 1 aliphatic heterocycles. The molecule has 1 amide bonds. The lowest BCUT2D eigenvalue weighted by Gasteiger charge is -2.24. The van der Waals surface area contributed by atoms with Crippen molar-refractivity contribution in [3.8, 4) is 0 Å². The zero-order valence-electron chi connectivity index (χ0n) is 12.4. The first-order valence-corrected chi connectivity index (χ1v) is 8.48.